The smallest absolute Gasteiger partial charge is 0.258 e. The number of rotatable bonds is 6. The second-order valence-corrected chi connectivity index (χ2v) is 5.02. The van der Waals surface area contributed by atoms with E-state index in [1.165, 1.54) is 7.11 Å². The summed E-state index contributed by atoms with van der Waals surface area (Å²) in [6.45, 7) is 1.96. The molecule has 4 nitrogen and oxygen atoms in total. The number of hydrogen-bond donors (Lipinski definition) is 1. The van der Waals surface area contributed by atoms with Gasteiger partial charge in [0.1, 0.15) is 0 Å². The van der Waals surface area contributed by atoms with Gasteiger partial charge in [-0.15, -0.1) is 0 Å². The molecule has 4 heteroatoms. The third-order valence-electron chi connectivity index (χ3n) is 3.55. The number of carbonyl (C=O) groups excluding carboxylic acids is 1. The van der Waals surface area contributed by atoms with Crippen molar-refractivity contribution in [2.45, 2.75) is 19.1 Å². The first kappa shape index (κ1) is 16.2. The Morgan fingerprint density at radius 3 is 2.27 bits per heavy atom. The minimum Gasteiger partial charge on any atom is -0.377 e. The van der Waals surface area contributed by atoms with E-state index < -0.39 is 6.10 Å². The molecule has 0 aliphatic rings. The highest BCUT2D eigenvalue weighted by atomic mass is 16.5. The predicted molar refractivity (Wildman–Crippen MR) is 86.7 cm³/mol. The molecule has 0 bridgehead atoms. The van der Waals surface area contributed by atoms with Crippen molar-refractivity contribution in [1.29, 1.82) is 0 Å². The lowest BCUT2D eigenvalue weighted by molar-refractivity contribution is -0.126. The summed E-state index contributed by atoms with van der Waals surface area (Å²) >= 11 is 0. The maximum atomic E-state index is 12.4. The molecule has 0 heterocycles. The summed E-state index contributed by atoms with van der Waals surface area (Å²) in [6.07, 6.45) is -0.658. The fourth-order valence-electron chi connectivity index (χ4n) is 2.24. The van der Waals surface area contributed by atoms with Gasteiger partial charge in [0.2, 0.25) is 0 Å². The lowest BCUT2D eigenvalue weighted by atomic mass is 10.1. The third kappa shape index (κ3) is 3.93. The summed E-state index contributed by atoms with van der Waals surface area (Å²) in [5, 5.41) is 2.89. The number of methoxy groups -OCH3 is 2. The van der Waals surface area contributed by atoms with Gasteiger partial charge in [0.15, 0.2) is 6.10 Å². The topological polar surface area (TPSA) is 47.6 Å². The van der Waals surface area contributed by atoms with Crippen LogP contribution < -0.4 is 5.32 Å². The Labute approximate surface area is 131 Å². The van der Waals surface area contributed by atoms with Gasteiger partial charge in [-0.2, -0.15) is 0 Å². The van der Waals surface area contributed by atoms with Crippen LogP contribution in [0.15, 0.2) is 54.6 Å². The second kappa shape index (κ2) is 7.73. The van der Waals surface area contributed by atoms with Crippen LogP contribution in [0.25, 0.3) is 0 Å². The van der Waals surface area contributed by atoms with Gasteiger partial charge in [0.25, 0.3) is 5.91 Å². The number of amides is 1. The van der Waals surface area contributed by atoms with E-state index in [4.69, 9.17) is 9.47 Å². The van der Waals surface area contributed by atoms with Crippen molar-refractivity contribution in [3.05, 3.63) is 65.7 Å². The van der Waals surface area contributed by atoms with Gasteiger partial charge >= 0.3 is 0 Å². The zero-order valence-electron chi connectivity index (χ0n) is 13.1. The number of nitrogens with one attached hydrogen (secondary N) is 1. The Balaban J connectivity index is 2.14. The fraction of sp³-hybridized carbons (Fsp3) is 0.278. The molecule has 0 aromatic heterocycles. The molecule has 2 rings (SSSR count). The molecule has 2 unspecified atom stereocenters. The molecule has 0 saturated heterocycles. The van der Waals surface area contributed by atoms with Crippen molar-refractivity contribution in [3.63, 3.8) is 0 Å². The molecule has 116 valence electrons. The quantitative estimate of drug-likeness (QED) is 0.884. The van der Waals surface area contributed by atoms with Crippen molar-refractivity contribution in [2.24, 2.45) is 0 Å². The molecule has 0 aliphatic heterocycles. The number of ether oxygens (including phenoxy) is 2. The van der Waals surface area contributed by atoms with Crippen molar-refractivity contribution < 1.29 is 14.3 Å². The van der Waals surface area contributed by atoms with Gasteiger partial charge in [0, 0.05) is 19.9 Å². The monoisotopic (exact) mass is 299 g/mol. The Hall–Kier alpha value is -2.17. The molecule has 0 fully saturated rings. The number of benzene rings is 2. The second-order valence-electron chi connectivity index (χ2n) is 5.02. The predicted octanol–water partition coefficient (Wildman–Crippen LogP) is 3.72. The molecule has 0 spiro atoms. The van der Waals surface area contributed by atoms with Gasteiger partial charge in [-0.1, -0.05) is 42.5 Å². The minimum atomic E-state index is -0.635. The van der Waals surface area contributed by atoms with E-state index in [2.05, 4.69) is 5.32 Å². The zero-order valence-corrected chi connectivity index (χ0v) is 13.1. The van der Waals surface area contributed by atoms with E-state index in [0.29, 0.717) is 0 Å². The van der Waals surface area contributed by atoms with Gasteiger partial charge in [0.05, 0.1) is 6.10 Å². The zero-order chi connectivity index (χ0) is 15.9. The van der Waals surface area contributed by atoms with Crippen molar-refractivity contribution >= 4 is 11.6 Å². The van der Waals surface area contributed by atoms with Crippen LogP contribution in [-0.2, 0) is 14.3 Å². The van der Waals surface area contributed by atoms with E-state index in [9.17, 15) is 4.79 Å². The average Bonchev–Trinajstić information content (AvgIpc) is 2.56. The van der Waals surface area contributed by atoms with Crippen LogP contribution in [0.3, 0.4) is 0 Å². The molecular formula is C18H21NO3. The Kier molecular flexibility index (Phi) is 5.69. The van der Waals surface area contributed by atoms with E-state index in [1.54, 1.807) is 7.11 Å². The lowest BCUT2D eigenvalue weighted by Crippen LogP contribution is -2.22. The average molecular weight is 299 g/mol. The first-order chi connectivity index (χ1) is 10.7. The van der Waals surface area contributed by atoms with Crippen LogP contribution in [0.4, 0.5) is 5.69 Å². The molecule has 0 radical (unpaired) electrons. The van der Waals surface area contributed by atoms with Crippen LogP contribution in [0.1, 0.15) is 30.3 Å². The maximum absolute atomic E-state index is 12.4. The van der Waals surface area contributed by atoms with Crippen molar-refractivity contribution in [1.82, 2.24) is 0 Å². The Bertz CT molecular complexity index is 613. The molecular weight excluding hydrogens is 278 g/mol. The van der Waals surface area contributed by atoms with Gasteiger partial charge in [-0.3, -0.25) is 4.79 Å². The number of hydrogen-bond acceptors (Lipinski definition) is 3. The van der Waals surface area contributed by atoms with E-state index >= 15 is 0 Å². The highest BCUT2D eigenvalue weighted by Gasteiger charge is 2.20. The summed E-state index contributed by atoms with van der Waals surface area (Å²) in [7, 11) is 3.19. The molecule has 1 amide bonds. The van der Waals surface area contributed by atoms with E-state index in [-0.39, 0.29) is 12.0 Å². The molecule has 0 aliphatic carbocycles. The lowest BCUT2D eigenvalue weighted by Gasteiger charge is -2.17. The van der Waals surface area contributed by atoms with E-state index in [1.807, 2.05) is 61.5 Å². The Morgan fingerprint density at radius 1 is 0.955 bits per heavy atom. The summed E-state index contributed by atoms with van der Waals surface area (Å²) in [4.78, 5) is 12.4. The molecule has 0 saturated carbocycles. The maximum Gasteiger partial charge on any atom is 0.258 e. The SMILES string of the molecule is COC(C)c1cccc(NC(=O)C(OC)c2ccccc2)c1. The van der Waals surface area contributed by atoms with E-state index in [0.717, 1.165) is 16.8 Å². The first-order valence-electron chi connectivity index (χ1n) is 7.17. The number of carbonyl (C=O) groups is 1. The standard InChI is InChI=1S/C18H21NO3/c1-13(21-2)15-10-7-11-16(12-15)19-18(20)17(22-3)14-8-5-4-6-9-14/h4-13,17H,1-3H3,(H,19,20). The summed E-state index contributed by atoms with van der Waals surface area (Å²) in [5.74, 6) is -0.198. The van der Waals surface area contributed by atoms with Crippen LogP contribution in [0, 0.1) is 0 Å². The molecule has 1 N–H and O–H groups in total. The first-order valence-corrected chi connectivity index (χ1v) is 7.17. The van der Waals surface area contributed by atoms with Crippen molar-refractivity contribution in [3.8, 4) is 0 Å². The summed E-state index contributed by atoms with van der Waals surface area (Å²) < 4.78 is 10.6. The normalized spacial score (nSPS) is 13.4. The molecule has 2 atom stereocenters. The van der Waals surface area contributed by atoms with Gasteiger partial charge in [-0.05, 0) is 30.2 Å². The fourth-order valence-corrected chi connectivity index (χ4v) is 2.24. The van der Waals surface area contributed by atoms with Gasteiger partial charge < -0.3 is 14.8 Å². The molecule has 2 aromatic carbocycles. The van der Waals surface area contributed by atoms with Crippen LogP contribution in [0.2, 0.25) is 0 Å². The third-order valence-corrected chi connectivity index (χ3v) is 3.55. The highest BCUT2D eigenvalue weighted by Crippen LogP contribution is 2.22. The molecule has 22 heavy (non-hydrogen) atoms. The largest absolute Gasteiger partial charge is 0.377 e. The number of anilines is 1. The van der Waals surface area contributed by atoms with Gasteiger partial charge in [-0.25, -0.2) is 0 Å². The van der Waals surface area contributed by atoms with Crippen molar-refractivity contribution in [2.75, 3.05) is 19.5 Å². The summed E-state index contributed by atoms with van der Waals surface area (Å²) in [5.41, 5.74) is 2.56. The summed E-state index contributed by atoms with van der Waals surface area (Å²) in [6, 6.07) is 17.0. The van der Waals surface area contributed by atoms with Crippen LogP contribution in [-0.4, -0.2) is 20.1 Å². The van der Waals surface area contributed by atoms with Crippen LogP contribution in [0.5, 0.6) is 0 Å². The van der Waals surface area contributed by atoms with Crippen LogP contribution >= 0.6 is 0 Å². The molecule has 2 aromatic rings. The highest BCUT2D eigenvalue weighted by molar-refractivity contribution is 5.94. The minimum absolute atomic E-state index is 0.0239. The Morgan fingerprint density at radius 2 is 1.64 bits per heavy atom.